The number of hydrogen-bond acceptors (Lipinski definition) is 27. The molecule has 16 amide bonds. The molecule has 0 aliphatic carbocycles. The second-order valence-electron chi connectivity index (χ2n) is 26.7. The standard InChI is InChI=1S/C67H102N26O23S2Se2/c1-29(68)51(101)91-46(26-119)62(112)84-39(16-48(69)97)57(107)89-44(24-117)61(111)87-42(22-95)60(110)88-43(23-96)64(114)93(3)20-49(98)80-37(14-31-18-77-34-9-5-4-8-33(31)34)55(105)79-30(2)52(102)81-35(10-6-12-75-66(70)71)53(103)85-40(17-50(99)100)58(108)83-38(15-32-19-74-28-78-32)56(106)86-41(21-94)59(109)82-36(11-7-13-76-67(72)73)54(104)92-47(27-120)63(113)90-45(25-118)65(115)116/h4-5,8-9,18-19,28-30,35-47,77,94-96,117-118H,6-7,10-17,20-27,68H2,1-3H3,(H2,69,97)(H,74,78)(H,79,105)(H,80,98)(H,81,102)(H,82,109)(H,83,108)(H,84,112)(H,85,103)(H,86,106)(H,87,111)(H,88,110)(H,89,107)(H,90,113)(H,91,101)(H,92,104)(H,99,100)(H,115,116)(H4,70,71,75)(H4,72,73,76)/t29-,30-,35-,36-,37-,38-,39-,40-,41-,42-,43-,44-,45-,46-,47-/m0/s1. The molecular weight excluding hydrogens is 1760 g/mol. The summed E-state index contributed by atoms with van der Waals surface area (Å²) in [5, 5.41) is 103. The van der Waals surface area contributed by atoms with Gasteiger partial charge in [-0.15, -0.1) is 0 Å². The number of rotatable bonds is 54. The van der Waals surface area contributed by atoms with Crippen LogP contribution in [0.2, 0.25) is 10.6 Å². The number of nitrogens with two attached hydrogens (primary N) is 4. The van der Waals surface area contributed by atoms with Crippen molar-refractivity contribution in [1.29, 1.82) is 10.8 Å². The van der Waals surface area contributed by atoms with E-state index in [1.807, 2.05) is 0 Å². The summed E-state index contributed by atoms with van der Waals surface area (Å²) in [5.74, 6) is -22.7. The molecule has 662 valence electrons. The van der Waals surface area contributed by atoms with E-state index in [9.17, 15) is 112 Å². The number of aliphatic hydroxyl groups is 3. The van der Waals surface area contributed by atoms with Crippen LogP contribution in [-0.4, -0.2) is 344 Å². The molecule has 0 aliphatic heterocycles. The van der Waals surface area contributed by atoms with E-state index in [0.29, 0.717) is 21.4 Å². The van der Waals surface area contributed by atoms with Crippen LogP contribution >= 0.6 is 25.3 Å². The van der Waals surface area contributed by atoms with E-state index in [1.54, 1.807) is 24.3 Å². The number of para-hydroxylation sites is 1. The summed E-state index contributed by atoms with van der Waals surface area (Å²) in [6.45, 7) is -2.03. The molecule has 0 fully saturated rings. The molecule has 2 heterocycles. The summed E-state index contributed by atoms with van der Waals surface area (Å²) in [5.41, 5.74) is 22.8. The molecule has 0 saturated carbocycles. The Morgan fingerprint density at radius 2 is 0.892 bits per heavy atom. The van der Waals surface area contributed by atoms with Gasteiger partial charge in [0.15, 0.2) is 5.96 Å². The maximum absolute atomic E-state index is 14.5. The fraction of sp³-hybridized carbons (Fsp3) is 0.537. The molecule has 2 radical (unpaired) electrons. The van der Waals surface area contributed by atoms with Crippen molar-refractivity contribution in [2.45, 2.75) is 166 Å². The second kappa shape index (κ2) is 52.5. The Labute approximate surface area is 712 Å². The maximum atomic E-state index is 14.5. The van der Waals surface area contributed by atoms with Crippen molar-refractivity contribution in [3.63, 3.8) is 0 Å². The Kier molecular flexibility index (Phi) is 44.9. The third kappa shape index (κ3) is 35.2. The van der Waals surface area contributed by atoms with E-state index in [1.165, 1.54) is 25.6 Å². The minimum absolute atomic E-state index is 0.0187. The van der Waals surface area contributed by atoms with Crippen molar-refractivity contribution in [2.24, 2.45) is 22.9 Å². The van der Waals surface area contributed by atoms with Gasteiger partial charge in [-0.05, 0) is 31.4 Å². The molecule has 0 unspecified atom stereocenters. The monoisotopic (exact) mass is 1860 g/mol. The number of likely N-dealkylation sites (N-methyl/N-ethyl adjacent to an activating group) is 1. The number of carbonyl (C=O) groups excluding carboxylic acids is 16. The van der Waals surface area contributed by atoms with E-state index in [4.69, 9.17) is 33.8 Å². The van der Waals surface area contributed by atoms with Crippen LogP contribution in [0, 0.1) is 10.8 Å². The van der Waals surface area contributed by atoms with Crippen molar-refractivity contribution in [3.8, 4) is 0 Å². The zero-order chi connectivity index (χ0) is 90.2. The first kappa shape index (κ1) is 103. The van der Waals surface area contributed by atoms with E-state index >= 15 is 0 Å². The van der Waals surface area contributed by atoms with Crippen LogP contribution in [0.4, 0.5) is 0 Å². The first-order valence-corrected chi connectivity index (χ1v) is 40.2. The molecule has 3 rings (SSSR count). The normalized spacial score (nSPS) is 14.7. The van der Waals surface area contributed by atoms with Crippen LogP contribution in [0.5, 0.6) is 0 Å². The summed E-state index contributed by atoms with van der Waals surface area (Å²) < 4.78 is 0. The predicted octanol–water partition coefficient (Wildman–Crippen LogP) is -13.7. The number of benzene rings is 1. The molecule has 1 aromatic carbocycles. The number of amides is 16. The SMILES string of the molecule is C[C@H](N)C(=O)N[C@@H](C[Se])C(=O)N[C@@H](CC(N)=O)C(=O)N[C@@H](CS)C(=O)N[C@@H](CO)C(=O)N[C@@H](CO)C(=O)N(C)CC(=O)N[C@@H](Cc1c[nH]c2ccccc12)C(=O)N[C@@H](C)C(=O)N[C@@H](CCCNC(=N)N)C(=O)N[C@@H](CC(=O)O)C(=O)N[C@@H](Cc1c[nH]cn1)C(=O)N[C@@H](CO)C(=O)N[C@@H](CCCNC(=N)N)C(=O)N[C@@H](C[Se])C(=O)N[C@@H](CS)C(=O)O. The molecular formula is C67H102N26O23S2Se2. The Bertz CT molecular complexity index is 4110. The number of carbonyl (C=O) groups is 18. The number of hydrogen-bond donors (Lipinski definition) is 31. The van der Waals surface area contributed by atoms with E-state index in [-0.39, 0.29) is 67.3 Å². The summed E-state index contributed by atoms with van der Waals surface area (Å²) >= 11 is 13.1. The summed E-state index contributed by atoms with van der Waals surface area (Å²) in [7, 11) is 1.06. The number of fused-ring (bicyclic) bond motifs is 1. The molecule has 33 N–H and O–H groups in total. The molecule has 0 saturated heterocycles. The Balaban J connectivity index is 1.88. The van der Waals surface area contributed by atoms with Gasteiger partial charge in [-0.1, -0.05) is 18.2 Å². The first-order valence-electron chi connectivity index (χ1n) is 36.5. The van der Waals surface area contributed by atoms with E-state index in [2.05, 4.69) is 157 Å². The van der Waals surface area contributed by atoms with E-state index < -0.39 is 260 Å². The van der Waals surface area contributed by atoms with Crippen LogP contribution in [0.3, 0.4) is 0 Å². The number of thiol groups is 2. The number of aliphatic hydroxyl groups excluding tert-OH is 3. The van der Waals surface area contributed by atoms with Crippen LogP contribution in [0.1, 0.15) is 63.6 Å². The van der Waals surface area contributed by atoms with Crippen molar-refractivity contribution < 1.29 is 112 Å². The van der Waals surface area contributed by atoms with Gasteiger partial charge in [-0.25, -0.2) is 4.98 Å². The van der Waals surface area contributed by atoms with Gasteiger partial charge in [0.1, 0.15) is 30.2 Å². The van der Waals surface area contributed by atoms with Gasteiger partial charge in [0, 0.05) is 43.3 Å². The topological polar surface area (TPSA) is 800 Å². The molecule has 15 atom stereocenters. The third-order valence-electron chi connectivity index (χ3n) is 17.2. The number of primary amides is 1. The van der Waals surface area contributed by atoms with Crippen molar-refractivity contribution >= 4 is 187 Å². The van der Waals surface area contributed by atoms with Crippen LogP contribution in [0.25, 0.3) is 10.9 Å². The van der Waals surface area contributed by atoms with Crippen molar-refractivity contribution in [3.05, 3.63) is 54.2 Å². The number of aliphatic carboxylic acids is 2. The molecule has 49 nitrogen and oxygen atoms in total. The number of guanidine groups is 2. The van der Waals surface area contributed by atoms with Crippen LogP contribution < -0.4 is 108 Å². The Morgan fingerprint density at radius 1 is 0.492 bits per heavy atom. The van der Waals surface area contributed by atoms with Crippen LogP contribution in [-0.2, 0) is 99.1 Å². The Morgan fingerprint density at radius 3 is 1.36 bits per heavy atom. The minimum atomic E-state index is -2.10. The van der Waals surface area contributed by atoms with Crippen LogP contribution in [0.15, 0.2) is 43.0 Å². The number of nitrogens with one attached hydrogen (secondary N) is 20. The van der Waals surface area contributed by atoms with Gasteiger partial charge in [-0.3, -0.25) is 43.8 Å². The fourth-order valence-corrected chi connectivity index (χ4v) is 12.3. The number of aromatic nitrogens is 3. The molecule has 2 aromatic heterocycles. The van der Waals surface area contributed by atoms with Gasteiger partial charge in [0.2, 0.25) is 35.4 Å². The number of carboxylic acid groups (broad SMARTS) is 2. The van der Waals surface area contributed by atoms with Gasteiger partial charge in [0.05, 0.1) is 31.6 Å². The fourth-order valence-electron chi connectivity index (χ4n) is 10.8. The molecule has 53 heteroatoms. The molecule has 0 spiro atoms. The number of aromatic amines is 2. The van der Waals surface area contributed by atoms with Gasteiger partial charge in [0.25, 0.3) is 0 Å². The first-order chi connectivity index (χ1) is 56.6. The number of nitrogens with zero attached hydrogens (tertiary/aromatic N) is 2. The summed E-state index contributed by atoms with van der Waals surface area (Å²) in [6.07, 6.45) is 0.481. The summed E-state index contributed by atoms with van der Waals surface area (Å²) in [6, 6.07) is -18.1. The van der Waals surface area contributed by atoms with Crippen molar-refractivity contribution in [1.82, 2.24) is 105 Å². The average Bonchev–Trinajstić information content (AvgIpc) is 1.67. The van der Waals surface area contributed by atoms with E-state index in [0.717, 1.165) is 14.0 Å². The molecule has 0 bridgehead atoms. The zero-order valence-electron chi connectivity index (χ0n) is 64.9. The Hall–Kier alpha value is -11.5. The van der Waals surface area contributed by atoms with Crippen molar-refractivity contribution in [2.75, 3.05) is 58.0 Å². The molecule has 120 heavy (non-hydrogen) atoms. The van der Waals surface area contributed by atoms with Gasteiger partial charge < -0.3 is 67.8 Å². The second-order valence-corrected chi connectivity index (χ2v) is 28.8. The number of H-pyrrole nitrogens is 2. The quantitative estimate of drug-likeness (QED) is 0.00820. The predicted molar refractivity (Wildman–Crippen MR) is 430 cm³/mol. The van der Waals surface area contributed by atoms with Gasteiger partial charge in [-0.2, -0.15) is 0 Å². The molecule has 0 aliphatic rings. The summed E-state index contributed by atoms with van der Waals surface area (Å²) in [4.78, 5) is 253. The van der Waals surface area contributed by atoms with Gasteiger partial charge >= 0.3 is 403 Å². The third-order valence-corrected chi connectivity index (χ3v) is 19.3. The molecule has 3 aromatic rings. The number of imidazole rings is 1. The average molecular weight is 1860 g/mol. The zero-order valence-corrected chi connectivity index (χ0v) is 70.1. The number of carboxylic acids is 2.